The second-order valence-corrected chi connectivity index (χ2v) is 7.27. The van der Waals surface area contributed by atoms with Crippen LogP contribution in [0.25, 0.3) is 0 Å². The van der Waals surface area contributed by atoms with Crippen LogP contribution in [0.15, 0.2) is 0 Å². The molecule has 2 aliphatic rings. The number of sulfonamides is 1. The Kier molecular flexibility index (Phi) is 5.58. The third kappa shape index (κ3) is 5.00. The maximum atomic E-state index is 12.0. The van der Waals surface area contributed by atoms with Gasteiger partial charge in [0.25, 0.3) is 0 Å². The van der Waals surface area contributed by atoms with Crippen LogP contribution in [0.4, 0.5) is 0 Å². The minimum atomic E-state index is -3.16. The van der Waals surface area contributed by atoms with Crippen molar-refractivity contribution < 1.29 is 13.2 Å². The smallest absolute Gasteiger partial charge is 0.213 e. The minimum absolute atomic E-state index is 0.0537. The molecule has 0 aromatic heterocycles. The van der Waals surface area contributed by atoms with Gasteiger partial charge in [-0.2, -0.15) is 0 Å². The summed E-state index contributed by atoms with van der Waals surface area (Å²) in [5.41, 5.74) is 0. The molecular weight excluding hydrogens is 266 g/mol. The van der Waals surface area contributed by atoms with Gasteiger partial charge in [-0.25, -0.2) is 13.1 Å². The van der Waals surface area contributed by atoms with Crippen molar-refractivity contribution in [2.45, 2.75) is 31.4 Å². The van der Waals surface area contributed by atoms with E-state index in [4.69, 9.17) is 4.74 Å². The lowest BCUT2D eigenvalue weighted by Gasteiger charge is -2.27. The van der Waals surface area contributed by atoms with Gasteiger partial charge in [-0.15, -0.1) is 0 Å². The summed E-state index contributed by atoms with van der Waals surface area (Å²) in [4.78, 5) is 2.20. The first-order chi connectivity index (χ1) is 9.09. The van der Waals surface area contributed by atoms with Crippen LogP contribution in [-0.4, -0.2) is 71.0 Å². The molecule has 1 aliphatic carbocycles. The lowest BCUT2D eigenvalue weighted by atomic mass is 10.3. The van der Waals surface area contributed by atoms with Crippen LogP contribution in [-0.2, 0) is 14.8 Å². The molecule has 0 spiro atoms. The van der Waals surface area contributed by atoms with Crippen molar-refractivity contribution in [2.24, 2.45) is 0 Å². The fraction of sp³-hybridized carbons (Fsp3) is 1.00. The molecule has 1 aliphatic heterocycles. The lowest BCUT2D eigenvalue weighted by molar-refractivity contribution is 0.107. The number of hydrogen-bond donors (Lipinski definition) is 2. The van der Waals surface area contributed by atoms with Gasteiger partial charge >= 0.3 is 0 Å². The zero-order valence-electron chi connectivity index (χ0n) is 11.6. The number of nitrogens with zero attached hydrogens (tertiary/aromatic N) is 1. The predicted octanol–water partition coefficient (Wildman–Crippen LogP) is -0.621. The highest BCUT2D eigenvalue weighted by molar-refractivity contribution is 7.89. The molecule has 0 radical (unpaired) electrons. The van der Waals surface area contributed by atoms with Crippen LogP contribution in [0.5, 0.6) is 0 Å². The van der Waals surface area contributed by atoms with Crippen LogP contribution >= 0.6 is 0 Å². The molecular formula is C12H25N3O3S. The van der Waals surface area contributed by atoms with E-state index < -0.39 is 10.0 Å². The molecule has 0 aromatic carbocycles. The zero-order chi connectivity index (χ0) is 13.7. The third-order valence-electron chi connectivity index (χ3n) is 3.95. The van der Waals surface area contributed by atoms with Crippen molar-refractivity contribution in [3.05, 3.63) is 0 Å². The Bertz CT molecular complexity index is 368. The van der Waals surface area contributed by atoms with E-state index in [0.29, 0.717) is 6.54 Å². The average molecular weight is 291 g/mol. The molecule has 1 saturated carbocycles. The Balaban J connectivity index is 1.72. The second-order valence-electron chi connectivity index (χ2n) is 5.40. The number of ether oxygens (including phenoxy) is 1. The van der Waals surface area contributed by atoms with Gasteiger partial charge in [-0.1, -0.05) is 0 Å². The van der Waals surface area contributed by atoms with Gasteiger partial charge in [0.2, 0.25) is 10.0 Å². The van der Waals surface area contributed by atoms with Gasteiger partial charge in [0.05, 0.1) is 11.9 Å². The van der Waals surface area contributed by atoms with Crippen molar-refractivity contribution >= 4 is 10.0 Å². The summed E-state index contributed by atoms with van der Waals surface area (Å²) in [6.07, 6.45) is 2.83. The minimum Gasteiger partial charge on any atom is -0.381 e. The van der Waals surface area contributed by atoms with Crippen LogP contribution in [0.1, 0.15) is 19.3 Å². The molecule has 0 aromatic rings. The van der Waals surface area contributed by atoms with E-state index >= 15 is 0 Å². The summed E-state index contributed by atoms with van der Waals surface area (Å²) in [5, 5.41) is 3.26. The molecule has 1 heterocycles. The number of hydrogen-bond acceptors (Lipinski definition) is 5. The van der Waals surface area contributed by atoms with Crippen LogP contribution in [0, 0.1) is 0 Å². The van der Waals surface area contributed by atoms with Gasteiger partial charge in [-0.3, -0.25) is 4.90 Å². The highest BCUT2D eigenvalue weighted by Crippen LogP contribution is 2.21. The molecule has 2 unspecified atom stereocenters. The van der Waals surface area contributed by atoms with Crippen LogP contribution in [0.2, 0.25) is 0 Å². The summed E-state index contributed by atoms with van der Waals surface area (Å²) in [6, 6.07) is 0.0537. The maximum Gasteiger partial charge on any atom is 0.213 e. The lowest BCUT2D eigenvalue weighted by Crippen LogP contribution is -2.46. The first-order valence-electron chi connectivity index (χ1n) is 7.05. The highest BCUT2D eigenvalue weighted by atomic mass is 32.2. The molecule has 6 nitrogen and oxygen atoms in total. The summed E-state index contributed by atoms with van der Waals surface area (Å²) < 4.78 is 32.1. The fourth-order valence-corrected chi connectivity index (χ4v) is 4.10. The first kappa shape index (κ1) is 15.2. The van der Waals surface area contributed by atoms with Crippen molar-refractivity contribution in [1.29, 1.82) is 0 Å². The SMILES string of the molecule is COC1CCC(NS(=O)(=O)CCN2CCNCC2)C1. The van der Waals surface area contributed by atoms with E-state index in [1.165, 1.54) is 0 Å². The van der Waals surface area contributed by atoms with Gasteiger partial charge in [0.15, 0.2) is 0 Å². The molecule has 0 amide bonds. The summed E-state index contributed by atoms with van der Waals surface area (Å²) >= 11 is 0. The second kappa shape index (κ2) is 6.99. The normalized spacial score (nSPS) is 29.7. The van der Waals surface area contributed by atoms with Crippen LogP contribution < -0.4 is 10.0 Å². The topological polar surface area (TPSA) is 70.7 Å². The fourth-order valence-electron chi connectivity index (χ4n) is 2.76. The highest BCUT2D eigenvalue weighted by Gasteiger charge is 2.28. The van der Waals surface area contributed by atoms with E-state index in [0.717, 1.165) is 45.4 Å². The third-order valence-corrected chi connectivity index (χ3v) is 5.36. The Morgan fingerprint density at radius 3 is 2.68 bits per heavy atom. The van der Waals surface area contributed by atoms with Gasteiger partial charge in [-0.05, 0) is 19.3 Å². The van der Waals surface area contributed by atoms with Crippen LogP contribution in [0.3, 0.4) is 0 Å². The molecule has 2 N–H and O–H groups in total. The van der Waals surface area contributed by atoms with Gasteiger partial charge in [0, 0.05) is 45.9 Å². The molecule has 19 heavy (non-hydrogen) atoms. The monoisotopic (exact) mass is 291 g/mol. The Morgan fingerprint density at radius 2 is 2.05 bits per heavy atom. The first-order valence-corrected chi connectivity index (χ1v) is 8.70. The Labute approximate surface area is 115 Å². The molecule has 2 atom stereocenters. The average Bonchev–Trinajstić information content (AvgIpc) is 2.85. The standard InChI is InChI=1S/C12H25N3O3S/c1-18-12-3-2-11(10-12)14-19(16,17)9-8-15-6-4-13-5-7-15/h11-14H,2-10H2,1H3. The number of rotatable bonds is 6. The van der Waals surface area contributed by atoms with E-state index in [1.54, 1.807) is 7.11 Å². The van der Waals surface area contributed by atoms with E-state index in [1.807, 2.05) is 0 Å². The quantitative estimate of drug-likeness (QED) is 0.682. The Hall–Kier alpha value is -0.210. The van der Waals surface area contributed by atoms with Crippen molar-refractivity contribution in [1.82, 2.24) is 14.9 Å². The Morgan fingerprint density at radius 1 is 1.32 bits per heavy atom. The molecule has 2 rings (SSSR count). The maximum absolute atomic E-state index is 12.0. The summed E-state index contributed by atoms with van der Waals surface area (Å²) in [5.74, 6) is 0.196. The molecule has 1 saturated heterocycles. The zero-order valence-corrected chi connectivity index (χ0v) is 12.4. The molecule has 7 heteroatoms. The van der Waals surface area contributed by atoms with Gasteiger partial charge < -0.3 is 10.1 Å². The van der Waals surface area contributed by atoms with E-state index in [2.05, 4.69) is 14.9 Å². The van der Waals surface area contributed by atoms with Crippen molar-refractivity contribution in [2.75, 3.05) is 45.6 Å². The molecule has 112 valence electrons. The summed E-state index contributed by atoms with van der Waals surface area (Å²) in [7, 11) is -1.48. The largest absolute Gasteiger partial charge is 0.381 e. The van der Waals surface area contributed by atoms with Gasteiger partial charge in [0.1, 0.15) is 0 Å². The van der Waals surface area contributed by atoms with E-state index in [9.17, 15) is 8.42 Å². The predicted molar refractivity (Wildman–Crippen MR) is 74.7 cm³/mol. The number of methoxy groups -OCH3 is 1. The van der Waals surface area contributed by atoms with Crippen molar-refractivity contribution in [3.8, 4) is 0 Å². The summed E-state index contributed by atoms with van der Waals surface area (Å²) in [6.45, 7) is 4.39. The molecule has 0 bridgehead atoms. The number of piperazine rings is 1. The number of nitrogens with one attached hydrogen (secondary N) is 2. The van der Waals surface area contributed by atoms with Crippen molar-refractivity contribution in [3.63, 3.8) is 0 Å². The van der Waals surface area contributed by atoms with E-state index in [-0.39, 0.29) is 17.9 Å². The molecule has 2 fully saturated rings.